The van der Waals surface area contributed by atoms with Crippen LogP contribution in [0.5, 0.6) is 0 Å². The summed E-state index contributed by atoms with van der Waals surface area (Å²) < 4.78 is 53.1. The molecule has 2 amide bonds. The molecule has 1 unspecified atom stereocenters. The Morgan fingerprint density at radius 1 is 1.20 bits per heavy atom. The van der Waals surface area contributed by atoms with E-state index in [4.69, 9.17) is 0 Å². The number of urea groups is 1. The van der Waals surface area contributed by atoms with Crippen LogP contribution in [-0.2, 0) is 12.7 Å². The van der Waals surface area contributed by atoms with E-state index in [2.05, 4.69) is 10.4 Å². The van der Waals surface area contributed by atoms with Gasteiger partial charge in [0.25, 0.3) is 0 Å². The van der Waals surface area contributed by atoms with Gasteiger partial charge in [-0.25, -0.2) is 14.2 Å². The van der Waals surface area contributed by atoms with Gasteiger partial charge in [0.15, 0.2) is 0 Å². The van der Waals surface area contributed by atoms with Crippen LogP contribution < -0.4 is 5.32 Å². The Balaban J connectivity index is 1.73. The summed E-state index contributed by atoms with van der Waals surface area (Å²) in [4.78, 5) is 12.6. The number of carbonyl (C=O) groups is 1. The second-order valence-corrected chi connectivity index (χ2v) is 7.20. The van der Waals surface area contributed by atoms with Gasteiger partial charge in [0.05, 0.1) is 12.1 Å². The summed E-state index contributed by atoms with van der Waals surface area (Å²) in [7, 11) is 0. The molecule has 8 heteroatoms. The zero-order chi connectivity index (χ0) is 21.7. The molecule has 30 heavy (non-hydrogen) atoms. The first-order chi connectivity index (χ1) is 14.3. The summed E-state index contributed by atoms with van der Waals surface area (Å²) in [5.41, 5.74) is 0.696. The van der Waals surface area contributed by atoms with E-state index < -0.39 is 17.8 Å². The van der Waals surface area contributed by atoms with Crippen LogP contribution in [-0.4, -0.2) is 23.3 Å². The second kappa shape index (κ2) is 9.28. The normalized spacial score (nSPS) is 16.5. The number of carbonyl (C=O) groups excluding carboxylic acids is 1. The van der Waals surface area contributed by atoms with Crippen LogP contribution in [0.3, 0.4) is 0 Å². The first-order valence-electron chi connectivity index (χ1n) is 9.83. The maximum atomic E-state index is 13.7. The van der Waals surface area contributed by atoms with Crippen molar-refractivity contribution < 1.29 is 22.4 Å². The van der Waals surface area contributed by atoms with Crippen molar-refractivity contribution >= 4 is 11.7 Å². The summed E-state index contributed by atoms with van der Waals surface area (Å²) >= 11 is 0. The fourth-order valence-corrected chi connectivity index (χ4v) is 3.49. The Morgan fingerprint density at radius 2 is 1.97 bits per heavy atom. The first-order valence-corrected chi connectivity index (χ1v) is 9.83. The summed E-state index contributed by atoms with van der Waals surface area (Å²) in [6.45, 7) is 1.99. The molecule has 1 heterocycles. The van der Waals surface area contributed by atoms with Crippen molar-refractivity contribution in [2.45, 2.75) is 44.8 Å². The van der Waals surface area contributed by atoms with Gasteiger partial charge in [-0.3, -0.25) is 0 Å². The number of halogens is 4. The average Bonchev–Trinajstić information content (AvgIpc) is 3.14. The molecule has 0 aliphatic carbocycles. The third-order valence-electron chi connectivity index (χ3n) is 5.03. The summed E-state index contributed by atoms with van der Waals surface area (Å²) in [5.74, 6) is -0.602. The molecule has 0 saturated heterocycles. The van der Waals surface area contributed by atoms with Crippen LogP contribution in [0.4, 0.5) is 22.4 Å². The number of unbranched alkanes of at least 4 members (excludes halogenated alkanes) is 1. The van der Waals surface area contributed by atoms with Gasteiger partial charge in [0.1, 0.15) is 5.82 Å². The van der Waals surface area contributed by atoms with Gasteiger partial charge in [-0.2, -0.15) is 18.3 Å². The number of amides is 2. The molecule has 0 spiro atoms. The van der Waals surface area contributed by atoms with Crippen molar-refractivity contribution in [1.29, 1.82) is 0 Å². The zero-order valence-corrected chi connectivity index (χ0v) is 16.5. The van der Waals surface area contributed by atoms with E-state index in [9.17, 15) is 22.4 Å². The molecule has 0 radical (unpaired) electrons. The summed E-state index contributed by atoms with van der Waals surface area (Å²) in [6, 6.07) is 10.7. The third kappa shape index (κ3) is 5.17. The van der Waals surface area contributed by atoms with E-state index in [0.29, 0.717) is 6.42 Å². The molecule has 4 nitrogen and oxygen atoms in total. The minimum Gasteiger partial charge on any atom is -0.332 e. The Kier molecular flexibility index (Phi) is 6.74. The topological polar surface area (TPSA) is 44.7 Å². The highest BCUT2D eigenvalue weighted by Gasteiger charge is 2.34. The van der Waals surface area contributed by atoms with E-state index >= 15 is 0 Å². The third-order valence-corrected chi connectivity index (χ3v) is 5.03. The number of benzene rings is 2. The molecule has 2 aromatic rings. The molecule has 0 aromatic heterocycles. The molecule has 160 valence electrons. The quantitative estimate of drug-likeness (QED) is 0.598. The molecule has 0 saturated carbocycles. The van der Waals surface area contributed by atoms with E-state index in [0.717, 1.165) is 30.2 Å². The van der Waals surface area contributed by atoms with E-state index in [1.807, 2.05) is 6.92 Å². The Morgan fingerprint density at radius 3 is 2.67 bits per heavy atom. The van der Waals surface area contributed by atoms with Gasteiger partial charge in [0, 0.05) is 18.2 Å². The van der Waals surface area contributed by atoms with Gasteiger partial charge in [-0.15, -0.1) is 0 Å². The minimum absolute atomic E-state index is 0.0191. The smallest absolute Gasteiger partial charge is 0.332 e. The largest absolute Gasteiger partial charge is 0.416 e. The number of nitrogens with zero attached hydrogens (tertiary/aromatic N) is 2. The Hall–Kier alpha value is -2.90. The highest BCUT2D eigenvalue weighted by atomic mass is 19.4. The van der Waals surface area contributed by atoms with Gasteiger partial charge >= 0.3 is 12.2 Å². The van der Waals surface area contributed by atoms with Crippen molar-refractivity contribution in [1.82, 2.24) is 10.3 Å². The summed E-state index contributed by atoms with van der Waals surface area (Å²) in [6.07, 6.45) is -2.02. The van der Waals surface area contributed by atoms with E-state index in [1.54, 1.807) is 12.1 Å². The molecule has 2 aromatic carbocycles. The predicted octanol–water partition coefficient (Wildman–Crippen LogP) is 5.70. The molecular weight excluding hydrogens is 398 g/mol. The number of rotatable bonds is 6. The SMILES string of the molecule is CCCCC1=NN(C(=O)NCc2ccccc2C(F)(F)F)CC1c1cccc(F)c1. The van der Waals surface area contributed by atoms with Crippen LogP contribution in [0, 0.1) is 5.82 Å². The number of alkyl halides is 3. The standard InChI is InChI=1S/C22H23F4N3O/c1-2-3-11-20-18(15-8-6-9-17(23)12-15)14-29(28-20)21(30)27-13-16-7-4-5-10-19(16)22(24,25)26/h4-10,12,18H,2-3,11,13-14H2,1H3,(H,27,30). The fraction of sp³-hybridized carbons (Fsp3) is 0.364. The maximum Gasteiger partial charge on any atom is 0.416 e. The van der Waals surface area contributed by atoms with E-state index in [-0.39, 0.29) is 30.4 Å². The van der Waals surface area contributed by atoms with Crippen molar-refractivity contribution in [3.63, 3.8) is 0 Å². The van der Waals surface area contributed by atoms with Gasteiger partial charge in [0.2, 0.25) is 0 Å². The molecule has 1 atom stereocenters. The monoisotopic (exact) mass is 421 g/mol. The number of nitrogens with one attached hydrogen (secondary N) is 1. The van der Waals surface area contributed by atoms with Gasteiger partial charge in [-0.05, 0) is 42.2 Å². The van der Waals surface area contributed by atoms with Gasteiger partial charge < -0.3 is 5.32 Å². The lowest BCUT2D eigenvalue weighted by molar-refractivity contribution is -0.138. The van der Waals surface area contributed by atoms with E-state index in [1.165, 1.54) is 35.3 Å². The Bertz CT molecular complexity index is 927. The highest BCUT2D eigenvalue weighted by molar-refractivity contribution is 5.94. The van der Waals surface area contributed by atoms with Crippen molar-refractivity contribution in [2.75, 3.05) is 6.54 Å². The van der Waals surface area contributed by atoms with Crippen LogP contribution in [0.25, 0.3) is 0 Å². The number of hydrogen-bond donors (Lipinski definition) is 1. The molecule has 3 rings (SSSR count). The lowest BCUT2D eigenvalue weighted by Gasteiger charge is -2.17. The molecule has 1 aliphatic rings. The lowest BCUT2D eigenvalue weighted by Crippen LogP contribution is -2.36. The summed E-state index contributed by atoms with van der Waals surface area (Å²) in [5, 5.41) is 8.13. The van der Waals surface area contributed by atoms with Crippen LogP contribution >= 0.6 is 0 Å². The fourth-order valence-electron chi connectivity index (χ4n) is 3.49. The van der Waals surface area contributed by atoms with Gasteiger partial charge in [-0.1, -0.05) is 43.7 Å². The maximum absolute atomic E-state index is 13.7. The Labute approximate surface area is 172 Å². The highest BCUT2D eigenvalue weighted by Crippen LogP contribution is 2.32. The molecule has 0 fully saturated rings. The first kappa shape index (κ1) is 21.8. The molecular formula is C22H23F4N3O. The number of hydrogen-bond acceptors (Lipinski definition) is 2. The van der Waals surface area contributed by atoms with Crippen molar-refractivity contribution in [3.8, 4) is 0 Å². The molecule has 1 aliphatic heterocycles. The zero-order valence-electron chi connectivity index (χ0n) is 16.5. The van der Waals surface area contributed by atoms with Crippen LogP contribution in [0.15, 0.2) is 53.6 Å². The molecule has 1 N–H and O–H groups in total. The van der Waals surface area contributed by atoms with Crippen molar-refractivity contribution in [3.05, 3.63) is 71.0 Å². The number of hydrazone groups is 1. The van der Waals surface area contributed by atoms with Crippen molar-refractivity contribution in [2.24, 2.45) is 5.10 Å². The van der Waals surface area contributed by atoms with Crippen LogP contribution in [0.1, 0.15) is 48.8 Å². The minimum atomic E-state index is -4.50. The molecule has 0 bridgehead atoms. The predicted molar refractivity (Wildman–Crippen MR) is 106 cm³/mol. The second-order valence-electron chi connectivity index (χ2n) is 7.20. The lowest BCUT2D eigenvalue weighted by atomic mass is 9.92. The van der Waals surface area contributed by atoms with Crippen LogP contribution in [0.2, 0.25) is 0 Å². The average molecular weight is 421 g/mol.